The van der Waals surface area contributed by atoms with E-state index in [1.807, 2.05) is 0 Å². The Hall–Kier alpha value is -1.15. The van der Waals surface area contributed by atoms with Gasteiger partial charge in [0.05, 0.1) is 30.7 Å². The molecule has 0 radical (unpaired) electrons. The highest BCUT2D eigenvalue weighted by atomic mass is 35.5. The quantitative estimate of drug-likeness (QED) is 0.903. The van der Waals surface area contributed by atoms with Crippen LogP contribution in [-0.2, 0) is 19.6 Å². The highest BCUT2D eigenvalue weighted by molar-refractivity contribution is 7.89. The second kappa shape index (κ2) is 6.31. The third kappa shape index (κ3) is 3.37. The van der Waals surface area contributed by atoms with Crippen LogP contribution < -0.4 is 0 Å². The highest BCUT2D eigenvalue weighted by Crippen LogP contribution is 2.30. The lowest BCUT2D eigenvalue weighted by Crippen LogP contribution is -2.49. The van der Waals surface area contributed by atoms with Crippen molar-refractivity contribution in [2.45, 2.75) is 24.3 Å². The van der Waals surface area contributed by atoms with Crippen LogP contribution in [0.15, 0.2) is 23.1 Å². The number of hydrogen-bond donors (Lipinski definition) is 1. The number of ether oxygens (including phenoxy) is 1. The van der Waals surface area contributed by atoms with Gasteiger partial charge in [-0.3, -0.25) is 4.79 Å². The van der Waals surface area contributed by atoms with Gasteiger partial charge in [0.1, 0.15) is 4.90 Å². The Balaban J connectivity index is 2.43. The summed E-state index contributed by atoms with van der Waals surface area (Å²) in [5.41, 5.74) is 0.531. The molecule has 0 amide bonds. The van der Waals surface area contributed by atoms with E-state index in [0.29, 0.717) is 5.56 Å². The largest absolute Gasteiger partial charge is 0.481 e. The number of carboxylic acid groups (broad SMARTS) is 1. The van der Waals surface area contributed by atoms with Gasteiger partial charge in [-0.1, -0.05) is 23.7 Å². The lowest BCUT2D eigenvalue weighted by Gasteiger charge is -2.34. The number of nitrogens with zero attached hydrogens (tertiary/aromatic N) is 1. The third-order valence-corrected chi connectivity index (χ3v) is 5.90. The lowest BCUT2D eigenvalue weighted by atomic mass is 10.2. The molecule has 8 heteroatoms. The summed E-state index contributed by atoms with van der Waals surface area (Å²) in [5.74, 6) is -1.07. The fraction of sp³-hybridized carbons (Fsp3) is 0.462. The first kappa shape index (κ1) is 16.2. The van der Waals surface area contributed by atoms with E-state index in [9.17, 15) is 13.2 Å². The highest BCUT2D eigenvalue weighted by Gasteiger charge is 2.37. The number of carbonyl (C=O) groups is 1. The Kier molecular flexibility index (Phi) is 4.88. The zero-order chi connectivity index (χ0) is 15.6. The third-order valence-electron chi connectivity index (χ3n) is 3.31. The van der Waals surface area contributed by atoms with Gasteiger partial charge in [0, 0.05) is 6.54 Å². The Morgan fingerprint density at radius 3 is 2.86 bits per heavy atom. The van der Waals surface area contributed by atoms with Crippen molar-refractivity contribution in [3.8, 4) is 0 Å². The van der Waals surface area contributed by atoms with Gasteiger partial charge < -0.3 is 9.84 Å². The molecule has 1 aromatic carbocycles. The van der Waals surface area contributed by atoms with E-state index in [0.717, 1.165) is 0 Å². The van der Waals surface area contributed by atoms with E-state index in [2.05, 4.69) is 0 Å². The summed E-state index contributed by atoms with van der Waals surface area (Å²) in [4.78, 5) is 10.9. The summed E-state index contributed by atoms with van der Waals surface area (Å²) in [6, 6.07) is 4.11. The number of sulfonamides is 1. The standard InChI is InChI=1S/C13H16ClNO5S/c1-9-3-2-4-11(14)13(9)21(18,19)15-5-6-20-8-10(15)7-12(16)17/h2-4,10H,5-8H2,1H3,(H,16,17). The SMILES string of the molecule is Cc1cccc(Cl)c1S(=O)(=O)N1CCOCC1CC(=O)O. The van der Waals surface area contributed by atoms with Crippen molar-refractivity contribution in [2.24, 2.45) is 0 Å². The molecule has 2 rings (SSSR count). The predicted molar refractivity (Wildman–Crippen MR) is 76.9 cm³/mol. The fourth-order valence-corrected chi connectivity index (χ4v) is 4.76. The molecule has 1 fully saturated rings. The summed E-state index contributed by atoms with van der Waals surface area (Å²) >= 11 is 6.03. The first-order valence-corrected chi connectivity index (χ1v) is 8.22. The molecule has 1 aliphatic rings. The minimum Gasteiger partial charge on any atom is -0.481 e. The van der Waals surface area contributed by atoms with Crippen molar-refractivity contribution in [1.29, 1.82) is 0 Å². The van der Waals surface area contributed by atoms with Crippen LogP contribution in [0.2, 0.25) is 5.02 Å². The Bertz CT molecular complexity index is 626. The van der Waals surface area contributed by atoms with Crippen molar-refractivity contribution >= 4 is 27.6 Å². The van der Waals surface area contributed by atoms with E-state index >= 15 is 0 Å². The average molecular weight is 334 g/mol. The molecule has 0 aromatic heterocycles. The van der Waals surface area contributed by atoms with Crippen LogP contribution in [0, 0.1) is 6.92 Å². The van der Waals surface area contributed by atoms with E-state index in [4.69, 9.17) is 21.4 Å². The molecule has 0 spiro atoms. The van der Waals surface area contributed by atoms with Gasteiger partial charge in [-0.25, -0.2) is 8.42 Å². The average Bonchev–Trinajstić information content (AvgIpc) is 2.37. The number of benzene rings is 1. The van der Waals surface area contributed by atoms with Crippen LogP contribution in [0.3, 0.4) is 0 Å². The molecule has 116 valence electrons. The van der Waals surface area contributed by atoms with Crippen LogP contribution in [0.25, 0.3) is 0 Å². The predicted octanol–water partition coefficient (Wildman–Crippen LogP) is 1.51. The maximum absolute atomic E-state index is 12.8. The van der Waals surface area contributed by atoms with Gasteiger partial charge in [-0.2, -0.15) is 4.31 Å². The molecule has 1 aromatic rings. The van der Waals surface area contributed by atoms with E-state index in [1.54, 1.807) is 19.1 Å². The molecule has 0 saturated carbocycles. The topological polar surface area (TPSA) is 83.9 Å². The van der Waals surface area contributed by atoms with Gasteiger partial charge in [-0.05, 0) is 18.6 Å². The zero-order valence-corrected chi connectivity index (χ0v) is 13.0. The molecule has 1 saturated heterocycles. The van der Waals surface area contributed by atoms with Gasteiger partial charge in [0.25, 0.3) is 0 Å². The van der Waals surface area contributed by atoms with Gasteiger partial charge in [0.15, 0.2) is 0 Å². The maximum atomic E-state index is 12.8. The molecule has 1 unspecified atom stereocenters. The molecule has 1 heterocycles. The maximum Gasteiger partial charge on any atom is 0.305 e. The second-order valence-corrected chi connectivity index (χ2v) is 7.06. The van der Waals surface area contributed by atoms with Crippen molar-refractivity contribution in [2.75, 3.05) is 19.8 Å². The van der Waals surface area contributed by atoms with Crippen LogP contribution in [0.5, 0.6) is 0 Å². The number of carboxylic acids is 1. The molecular formula is C13H16ClNO5S. The summed E-state index contributed by atoms with van der Waals surface area (Å²) in [6.07, 6.45) is -0.303. The van der Waals surface area contributed by atoms with Crippen LogP contribution >= 0.6 is 11.6 Å². The Labute approximate surface area is 128 Å². The summed E-state index contributed by atoms with van der Waals surface area (Å²) in [7, 11) is -3.86. The molecule has 1 N–H and O–H groups in total. The number of hydrogen-bond acceptors (Lipinski definition) is 4. The fourth-order valence-electron chi connectivity index (χ4n) is 2.38. The van der Waals surface area contributed by atoms with Crippen molar-refractivity contribution in [3.05, 3.63) is 28.8 Å². The number of aliphatic carboxylic acids is 1. The molecule has 0 aliphatic carbocycles. The molecule has 6 nitrogen and oxygen atoms in total. The first-order chi connectivity index (χ1) is 9.84. The van der Waals surface area contributed by atoms with Crippen molar-refractivity contribution < 1.29 is 23.1 Å². The molecule has 0 bridgehead atoms. The molecule has 1 atom stereocenters. The minimum absolute atomic E-state index is 0.0314. The molecule has 1 aliphatic heterocycles. The van der Waals surface area contributed by atoms with Crippen LogP contribution in [0.1, 0.15) is 12.0 Å². The second-order valence-electron chi connectivity index (χ2n) is 4.83. The summed E-state index contributed by atoms with van der Waals surface area (Å²) < 4.78 is 32.0. The first-order valence-electron chi connectivity index (χ1n) is 6.40. The monoisotopic (exact) mass is 333 g/mol. The Morgan fingerprint density at radius 2 is 2.24 bits per heavy atom. The number of rotatable bonds is 4. The van der Waals surface area contributed by atoms with Gasteiger partial charge >= 0.3 is 5.97 Å². The molecular weight excluding hydrogens is 318 g/mol. The minimum atomic E-state index is -3.86. The summed E-state index contributed by atoms with van der Waals surface area (Å²) in [6.45, 7) is 2.07. The van der Waals surface area contributed by atoms with Crippen LogP contribution in [-0.4, -0.2) is 49.6 Å². The van der Waals surface area contributed by atoms with Gasteiger partial charge in [-0.15, -0.1) is 0 Å². The van der Waals surface area contributed by atoms with Crippen molar-refractivity contribution in [1.82, 2.24) is 4.31 Å². The smallest absolute Gasteiger partial charge is 0.305 e. The van der Waals surface area contributed by atoms with Crippen LogP contribution in [0.4, 0.5) is 0 Å². The lowest BCUT2D eigenvalue weighted by molar-refractivity contribution is -0.139. The normalized spacial score (nSPS) is 20.4. The number of morpholine rings is 1. The van der Waals surface area contributed by atoms with E-state index < -0.39 is 22.0 Å². The van der Waals surface area contributed by atoms with E-state index in [1.165, 1.54) is 10.4 Å². The number of aryl methyl sites for hydroxylation is 1. The zero-order valence-electron chi connectivity index (χ0n) is 11.5. The summed E-state index contributed by atoms with van der Waals surface area (Å²) in [5, 5.41) is 9.06. The van der Waals surface area contributed by atoms with E-state index in [-0.39, 0.29) is 36.1 Å². The molecule has 21 heavy (non-hydrogen) atoms. The number of halogens is 1. The van der Waals surface area contributed by atoms with Gasteiger partial charge in [0.2, 0.25) is 10.0 Å². The Morgan fingerprint density at radius 1 is 1.52 bits per heavy atom. The van der Waals surface area contributed by atoms with Crippen molar-refractivity contribution in [3.63, 3.8) is 0 Å².